The Bertz CT molecular complexity index is 838. The molecule has 0 fully saturated rings. The molecular weight excluding hydrogens is 358 g/mol. The number of amides is 1. The summed E-state index contributed by atoms with van der Waals surface area (Å²) in [6.07, 6.45) is -0.968. The van der Waals surface area contributed by atoms with Gasteiger partial charge in [0.2, 0.25) is 0 Å². The monoisotopic (exact) mass is 385 g/mol. The van der Waals surface area contributed by atoms with Crippen molar-refractivity contribution in [2.24, 2.45) is 0 Å². The number of nitrogens with one attached hydrogen (secondary N) is 1. The average molecular weight is 385 g/mol. The standard InChI is InChI=1S/C22H27NO5/c1-13(2)19-9-7-8-14(3)20(19)23-21(24)15(4)28-22(25)16-10-17(26-5)12-18(11-16)27-6/h7-13,15H,1-6H3,(H,23,24)/t15-/m0/s1. The minimum atomic E-state index is -0.968. The third-order valence-corrected chi connectivity index (χ3v) is 4.42. The molecule has 0 aliphatic carbocycles. The van der Waals surface area contributed by atoms with Gasteiger partial charge in [0.05, 0.1) is 19.8 Å². The van der Waals surface area contributed by atoms with Crippen LogP contribution in [0.25, 0.3) is 0 Å². The summed E-state index contributed by atoms with van der Waals surface area (Å²) in [5, 5.41) is 2.90. The third-order valence-electron chi connectivity index (χ3n) is 4.42. The maximum absolute atomic E-state index is 12.6. The zero-order valence-corrected chi connectivity index (χ0v) is 17.2. The van der Waals surface area contributed by atoms with E-state index in [0.29, 0.717) is 11.5 Å². The van der Waals surface area contributed by atoms with E-state index < -0.39 is 12.1 Å². The van der Waals surface area contributed by atoms with Crippen molar-refractivity contribution >= 4 is 17.6 Å². The lowest BCUT2D eigenvalue weighted by atomic mass is 9.98. The van der Waals surface area contributed by atoms with Crippen molar-refractivity contribution in [3.05, 3.63) is 53.1 Å². The van der Waals surface area contributed by atoms with Gasteiger partial charge in [0.25, 0.3) is 5.91 Å². The number of aryl methyl sites for hydroxylation is 1. The molecule has 1 atom stereocenters. The number of carbonyl (C=O) groups is 2. The molecule has 6 nitrogen and oxygen atoms in total. The summed E-state index contributed by atoms with van der Waals surface area (Å²) < 4.78 is 15.7. The number of esters is 1. The SMILES string of the molecule is COc1cc(OC)cc(C(=O)O[C@@H](C)C(=O)Nc2c(C)cccc2C(C)C)c1. The predicted molar refractivity (Wildman–Crippen MR) is 108 cm³/mol. The van der Waals surface area contributed by atoms with Crippen LogP contribution in [0.2, 0.25) is 0 Å². The summed E-state index contributed by atoms with van der Waals surface area (Å²) in [5.74, 6) is 0.153. The van der Waals surface area contributed by atoms with Gasteiger partial charge in [-0.3, -0.25) is 4.79 Å². The van der Waals surface area contributed by atoms with Gasteiger partial charge >= 0.3 is 5.97 Å². The summed E-state index contributed by atoms with van der Waals surface area (Å²) in [7, 11) is 2.99. The van der Waals surface area contributed by atoms with Gasteiger partial charge in [0.1, 0.15) is 11.5 Å². The summed E-state index contributed by atoms with van der Waals surface area (Å²) in [6, 6.07) is 10.6. The third kappa shape index (κ3) is 5.03. The molecule has 0 saturated heterocycles. The Morgan fingerprint density at radius 3 is 2.11 bits per heavy atom. The maximum Gasteiger partial charge on any atom is 0.339 e. The van der Waals surface area contributed by atoms with E-state index >= 15 is 0 Å². The fourth-order valence-electron chi connectivity index (χ4n) is 2.77. The second kappa shape index (κ2) is 9.26. The van der Waals surface area contributed by atoms with Crippen LogP contribution in [-0.4, -0.2) is 32.2 Å². The molecule has 0 aliphatic heterocycles. The molecule has 0 radical (unpaired) electrons. The van der Waals surface area contributed by atoms with E-state index in [0.717, 1.165) is 16.8 Å². The number of carbonyl (C=O) groups excluding carboxylic acids is 2. The topological polar surface area (TPSA) is 73.9 Å². The molecule has 2 rings (SSSR count). The minimum Gasteiger partial charge on any atom is -0.497 e. The molecular formula is C22H27NO5. The molecule has 0 unspecified atom stereocenters. The second-order valence-electron chi connectivity index (χ2n) is 6.83. The highest BCUT2D eigenvalue weighted by Crippen LogP contribution is 2.28. The Morgan fingerprint density at radius 1 is 0.964 bits per heavy atom. The molecule has 0 bridgehead atoms. The Morgan fingerprint density at radius 2 is 1.57 bits per heavy atom. The highest BCUT2D eigenvalue weighted by Gasteiger charge is 2.22. The van der Waals surface area contributed by atoms with Crippen LogP contribution in [0.3, 0.4) is 0 Å². The molecule has 150 valence electrons. The number of ether oxygens (including phenoxy) is 3. The second-order valence-corrected chi connectivity index (χ2v) is 6.83. The van der Waals surface area contributed by atoms with Crippen molar-refractivity contribution < 1.29 is 23.8 Å². The van der Waals surface area contributed by atoms with Crippen molar-refractivity contribution in [1.82, 2.24) is 0 Å². The first kappa shape index (κ1) is 21.3. The number of benzene rings is 2. The predicted octanol–water partition coefficient (Wildman–Crippen LogP) is 4.32. The van der Waals surface area contributed by atoms with Gasteiger partial charge in [0.15, 0.2) is 6.10 Å². The van der Waals surface area contributed by atoms with E-state index in [2.05, 4.69) is 19.2 Å². The zero-order valence-electron chi connectivity index (χ0n) is 17.2. The van der Waals surface area contributed by atoms with Gasteiger partial charge in [-0.1, -0.05) is 32.0 Å². The Balaban J connectivity index is 2.14. The highest BCUT2D eigenvalue weighted by atomic mass is 16.5. The Kier molecular flexibility index (Phi) is 7.04. The molecule has 1 amide bonds. The number of para-hydroxylation sites is 1. The fourth-order valence-corrected chi connectivity index (χ4v) is 2.77. The van der Waals surface area contributed by atoms with E-state index in [1.54, 1.807) is 6.07 Å². The van der Waals surface area contributed by atoms with Gasteiger partial charge in [-0.2, -0.15) is 0 Å². The number of anilines is 1. The lowest BCUT2D eigenvalue weighted by Crippen LogP contribution is -2.30. The summed E-state index contributed by atoms with van der Waals surface area (Å²) in [6.45, 7) is 7.59. The molecule has 0 aliphatic rings. The van der Waals surface area contributed by atoms with Gasteiger partial charge in [0, 0.05) is 11.8 Å². The van der Waals surface area contributed by atoms with Gasteiger partial charge in [-0.05, 0) is 43.0 Å². The molecule has 0 heterocycles. The van der Waals surface area contributed by atoms with Crippen molar-refractivity contribution in [3.63, 3.8) is 0 Å². The first-order valence-corrected chi connectivity index (χ1v) is 9.11. The van der Waals surface area contributed by atoms with Crippen molar-refractivity contribution in [1.29, 1.82) is 0 Å². The molecule has 2 aromatic carbocycles. The first-order valence-electron chi connectivity index (χ1n) is 9.11. The maximum atomic E-state index is 12.6. The van der Waals surface area contributed by atoms with Crippen LogP contribution in [0.4, 0.5) is 5.69 Å². The molecule has 0 saturated carbocycles. The molecule has 6 heteroatoms. The summed E-state index contributed by atoms with van der Waals surface area (Å²) in [5.41, 5.74) is 2.99. The lowest BCUT2D eigenvalue weighted by Gasteiger charge is -2.19. The number of rotatable bonds is 7. The van der Waals surface area contributed by atoms with E-state index in [1.165, 1.54) is 33.3 Å². The van der Waals surface area contributed by atoms with Crippen LogP contribution in [0.15, 0.2) is 36.4 Å². The smallest absolute Gasteiger partial charge is 0.339 e. The summed E-state index contributed by atoms with van der Waals surface area (Å²) >= 11 is 0. The number of hydrogen-bond acceptors (Lipinski definition) is 5. The number of hydrogen-bond donors (Lipinski definition) is 1. The van der Waals surface area contributed by atoms with E-state index in [1.807, 2.05) is 25.1 Å². The molecule has 0 spiro atoms. The molecule has 1 N–H and O–H groups in total. The summed E-state index contributed by atoms with van der Waals surface area (Å²) in [4.78, 5) is 25.1. The molecule has 28 heavy (non-hydrogen) atoms. The quantitative estimate of drug-likeness (QED) is 0.719. The van der Waals surface area contributed by atoms with E-state index in [4.69, 9.17) is 14.2 Å². The van der Waals surface area contributed by atoms with Crippen LogP contribution in [0.1, 0.15) is 48.2 Å². The van der Waals surface area contributed by atoms with Crippen LogP contribution in [-0.2, 0) is 9.53 Å². The molecule has 0 aromatic heterocycles. The largest absolute Gasteiger partial charge is 0.497 e. The van der Waals surface area contributed by atoms with Crippen LogP contribution in [0, 0.1) is 6.92 Å². The van der Waals surface area contributed by atoms with Gasteiger partial charge in [-0.15, -0.1) is 0 Å². The van der Waals surface area contributed by atoms with Gasteiger partial charge < -0.3 is 19.5 Å². The Hall–Kier alpha value is -3.02. The fraction of sp³-hybridized carbons (Fsp3) is 0.364. The zero-order chi connectivity index (χ0) is 20.8. The van der Waals surface area contributed by atoms with Gasteiger partial charge in [-0.25, -0.2) is 4.79 Å². The highest BCUT2D eigenvalue weighted by molar-refractivity contribution is 5.98. The normalized spacial score (nSPS) is 11.7. The van der Waals surface area contributed by atoms with Crippen molar-refractivity contribution in [2.45, 2.75) is 39.7 Å². The van der Waals surface area contributed by atoms with Crippen molar-refractivity contribution in [3.8, 4) is 11.5 Å². The first-order chi connectivity index (χ1) is 13.3. The lowest BCUT2D eigenvalue weighted by molar-refractivity contribution is -0.123. The van der Waals surface area contributed by atoms with E-state index in [-0.39, 0.29) is 17.4 Å². The molecule has 2 aromatic rings. The van der Waals surface area contributed by atoms with E-state index in [9.17, 15) is 9.59 Å². The van der Waals surface area contributed by atoms with Crippen LogP contribution < -0.4 is 14.8 Å². The van der Waals surface area contributed by atoms with Crippen molar-refractivity contribution in [2.75, 3.05) is 19.5 Å². The van der Waals surface area contributed by atoms with Crippen LogP contribution >= 0.6 is 0 Å². The number of methoxy groups -OCH3 is 2. The Labute approximate surface area is 165 Å². The average Bonchev–Trinajstić information content (AvgIpc) is 2.68. The minimum absolute atomic E-state index is 0.245. The van der Waals surface area contributed by atoms with Crippen LogP contribution in [0.5, 0.6) is 11.5 Å².